The predicted molar refractivity (Wildman–Crippen MR) is 87.0 cm³/mol. The first-order valence-electron chi connectivity index (χ1n) is 6.15. The second-order valence-corrected chi connectivity index (χ2v) is 5.07. The Morgan fingerprint density at radius 2 is 1.95 bits per heavy atom. The minimum Gasteiger partial charge on any atom is -0.369 e. The second kappa shape index (κ2) is 8.79. The zero-order valence-corrected chi connectivity index (χ0v) is 15.9. The van der Waals surface area contributed by atoms with E-state index in [4.69, 9.17) is 11.5 Å². The molecule has 0 saturated heterocycles. The molecule has 5 nitrogen and oxygen atoms in total. The largest absolute Gasteiger partial charge is 0.369 e. The summed E-state index contributed by atoms with van der Waals surface area (Å²) in [4.78, 5) is 5.42. The number of aromatic nitrogens is 1. The first-order chi connectivity index (χ1) is 10.1. The normalized spacial score (nSPS) is 10.2. The molecule has 4 N–H and O–H groups in total. The van der Waals surface area contributed by atoms with Crippen LogP contribution in [0.3, 0.4) is 0 Å². The molecule has 0 aliphatic rings. The number of benzene rings is 1. The van der Waals surface area contributed by atoms with Gasteiger partial charge >= 0.3 is 0 Å². The fourth-order valence-electron chi connectivity index (χ4n) is 1.60. The molecule has 0 unspecified atom stereocenters. The molecule has 2 rings (SSSR count). The Morgan fingerprint density at radius 3 is 2.55 bits per heavy atom. The topological polar surface area (TPSA) is 89.6 Å². The number of nitrogens with zero attached hydrogens (tertiary/aromatic N) is 3. The molecule has 2 aromatic rings. The third-order valence-corrected chi connectivity index (χ3v) is 3.69. The van der Waals surface area contributed by atoms with E-state index in [1.165, 1.54) is 11.3 Å². The summed E-state index contributed by atoms with van der Waals surface area (Å²) in [5.41, 5.74) is 12.9. The summed E-state index contributed by atoms with van der Waals surface area (Å²) in [6.07, 6.45) is 0. The van der Waals surface area contributed by atoms with Crippen LogP contribution in [0.5, 0.6) is 0 Å². The Hall–Kier alpha value is -1.55. The standard InChI is InChI=1S/C15H14N5S.Y/c1-3-7-12-13(10(2)19-20-15(16)17)21-14(18-12)11-8-5-4-6-9-11;/h5-6,8-9H,1-2H3,(H4,16,17,20);/q-1;/b19-10+;. The minimum atomic E-state index is -0.0826. The molecule has 0 atom stereocenters. The van der Waals surface area contributed by atoms with Crippen molar-refractivity contribution >= 4 is 23.0 Å². The average molecular weight is 385 g/mol. The van der Waals surface area contributed by atoms with Gasteiger partial charge in [0.1, 0.15) is 10.7 Å². The van der Waals surface area contributed by atoms with E-state index < -0.39 is 0 Å². The van der Waals surface area contributed by atoms with Crippen molar-refractivity contribution in [1.29, 1.82) is 0 Å². The summed E-state index contributed by atoms with van der Waals surface area (Å²) < 4.78 is 0. The van der Waals surface area contributed by atoms with E-state index in [-0.39, 0.29) is 38.7 Å². The van der Waals surface area contributed by atoms with Gasteiger partial charge in [0.25, 0.3) is 0 Å². The first-order valence-corrected chi connectivity index (χ1v) is 6.97. The van der Waals surface area contributed by atoms with Crippen LogP contribution in [0.4, 0.5) is 0 Å². The van der Waals surface area contributed by atoms with Crippen LogP contribution in [-0.2, 0) is 32.7 Å². The molecule has 109 valence electrons. The summed E-state index contributed by atoms with van der Waals surface area (Å²) in [5.74, 6) is 5.76. The summed E-state index contributed by atoms with van der Waals surface area (Å²) >= 11 is 1.50. The van der Waals surface area contributed by atoms with Gasteiger partial charge < -0.3 is 11.5 Å². The Bertz CT molecular complexity index is 749. The van der Waals surface area contributed by atoms with Crippen LogP contribution in [0.1, 0.15) is 24.4 Å². The number of thiazole rings is 1. The van der Waals surface area contributed by atoms with Crippen LogP contribution in [-0.4, -0.2) is 16.7 Å². The Labute approximate surface area is 158 Å². The number of nitrogens with two attached hydrogens (primary N) is 2. The van der Waals surface area contributed by atoms with Crippen LogP contribution in [0, 0.1) is 17.9 Å². The number of rotatable bonds is 3. The van der Waals surface area contributed by atoms with E-state index in [1.54, 1.807) is 6.92 Å². The Morgan fingerprint density at radius 1 is 1.27 bits per heavy atom. The van der Waals surface area contributed by atoms with E-state index in [1.807, 2.05) is 31.2 Å². The molecule has 22 heavy (non-hydrogen) atoms. The molecule has 0 fully saturated rings. The third-order valence-electron chi connectivity index (χ3n) is 2.48. The molecule has 0 aliphatic heterocycles. The summed E-state index contributed by atoms with van der Waals surface area (Å²) in [7, 11) is 0. The molecule has 0 spiro atoms. The molecule has 0 bridgehead atoms. The van der Waals surface area contributed by atoms with Crippen LogP contribution >= 0.6 is 11.3 Å². The minimum absolute atomic E-state index is 0. The number of hydrogen-bond donors (Lipinski definition) is 2. The van der Waals surface area contributed by atoms with Crippen LogP contribution < -0.4 is 11.5 Å². The summed E-state index contributed by atoms with van der Waals surface area (Å²) in [6.45, 7) is 3.59. The molecule has 1 aromatic heterocycles. The Kier molecular flexibility index (Phi) is 7.39. The Balaban J connectivity index is 0.00000242. The second-order valence-electron chi connectivity index (χ2n) is 4.07. The molecule has 0 amide bonds. The van der Waals surface area contributed by atoms with E-state index in [9.17, 15) is 0 Å². The van der Waals surface area contributed by atoms with Gasteiger partial charge in [0.15, 0.2) is 0 Å². The summed E-state index contributed by atoms with van der Waals surface area (Å²) in [5, 5.41) is 8.54. The zero-order valence-electron chi connectivity index (χ0n) is 12.3. The van der Waals surface area contributed by atoms with Crippen molar-refractivity contribution in [2.24, 2.45) is 21.7 Å². The summed E-state index contributed by atoms with van der Waals surface area (Å²) in [6, 6.07) is 10.6. The fourth-order valence-corrected chi connectivity index (χ4v) is 2.57. The maximum absolute atomic E-state index is 5.29. The van der Waals surface area contributed by atoms with Crippen molar-refractivity contribution in [3.05, 3.63) is 40.9 Å². The smallest absolute Gasteiger partial charge is 0.211 e. The molecular formula is C15H14N5SY-. The van der Waals surface area contributed by atoms with Gasteiger partial charge in [0.05, 0.1) is 10.6 Å². The molecular weight excluding hydrogens is 371 g/mol. The van der Waals surface area contributed by atoms with Crippen molar-refractivity contribution in [3.8, 4) is 22.4 Å². The predicted octanol–water partition coefficient (Wildman–Crippen LogP) is 1.98. The zero-order chi connectivity index (χ0) is 15.2. The molecule has 1 aromatic carbocycles. The van der Waals surface area contributed by atoms with Crippen molar-refractivity contribution in [2.45, 2.75) is 13.8 Å². The average Bonchev–Trinajstić information content (AvgIpc) is 2.90. The van der Waals surface area contributed by atoms with E-state index in [2.05, 4.69) is 33.1 Å². The molecule has 1 radical (unpaired) electrons. The van der Waals surface area contributed by atoms with Crippen molar-refractivity contribution in [2.75, 3.05) is 0 Å². The monoisotopic (exact) mass is 385 g/mol. The van der Waals surface area contributed by atoms with Gasteiger partial charge in [-0.05, 0) is 19.8 Å². The van der Waals surface area contributed by atoms with Gasteiger partial charge in [-0.3, -0.25) is 0 Å². The molecule has 0 aliphatic carbocycles. The van der Waals surface area contributed by atoms with Crippen LogP contribution in [0.15, 0.2) is 34.5 Å². The van der Waals surface area contributed by atoms with Crippen LogP contribution in [0.2, 0.25) is 0 Å². The maximum Gasteiger partial charge on any atom is 0.211 e. The van der Waals surface area contributed by atoms with Gasteiger partial charge in [0, 0.05) is 32.7 Å². The molecule has 0 saturated carbocycles. The van der Waals surface area contributed by atoms with Crippen molar-refractivity contribution in [3.63, 3.8) is 0 Å². The third kappa shape index (κ3) is 4.74. The van der Waals surface area contributed by atoms with Gasteiger partial charge in [-0.15, -0.1) is 16.4 Å². The fraction of sp³-hybridized carbons (Fsp3) is 0.133. The van der Waals surface area contributed by atoms with Gasteiger partial charge in [-0.1, -0.05) is 11.5 Å². The maximum atomic E-state index is 5.29. The first kappa shape index (κ1) is 18.5. The van der Waals surface area contributed by atoms with Gasteiger partial charge in [-0.2, -0.15) is 35.4 Å². The van der Waals surface area contributed by atoms with Crippen molar-refractivity contribution < 1.29 is 32.7 Å². The molecule has 7 heteroatoms. The van der Waals surface area contributed by atoms with E-state index >= 15 is 0 Å². The SMILES string of the molecule is CC#Cc1nc(-c2cc[c-]cc2)sc1/C(C)=N/N=C(N)N.[Y]. The number of hydrogen-bond acceptors (Lipinski definition) is 4. The molecule has 1 heterocycles. The van der Waals surface area contributed by atoms with E-state index in [0.29, 0.717) is 11.4 Å². The van der Waals surface area contributed by atoms with Crippen LogP contribution in [0.25, 0.3) is 10.6 Å². The van der Waals surface area contributed by atoms with Gasteiger partial charge in [-0.25, -0.2) is 4.98 Å². The van der Waals surface area contributed by atoms with E-state index in [0.717, 1.165) is 15.4 Å². The van der Waals surface area contributed by atoms with Gasteiger partial charge in [0.2, 0.25) is 5.96 Å². The quantitative estimate of drug-likeness (QED) is 0.278. The van der Waals surface area contributed by atoms with Crippen molar-refractivity contribution in [1.82, 2.24) is 4.98 Å². The number of guanidine groups is 1.